The molecule has 3 aromatic rings. The number of aromatic nitrogens is 5. The summed E-state index contributed by atoms with van der Waals surface area (Å²) < 4.78 is 5.40. The normalized spacial score (nSPS) is 16.0. The van der Waals surface area contributed by atoms with Gasteiger partial charge in [0.05, 0.1) is 0 Å². The van der Waals surface area contributed by atoms with E-state index in [4.69, 9.17) is 4.52 Å². The number of rotatable bonds is 3. The monoisotopic (exact) mass is 340 g/mol. The van der Waals surface area contributed by atoms with Crippen molar-refractivity contribution in [2.24, 2.45) is 0 Å². The van der Waals surface area contributed by atoms with Gasteiger partial charge in [0.25, 0.3) is 5.91 Å². The van der Waals surface area contributed by atoms with Crippen molar-refractivity contribution < 1.29 is 9.32 Å². The molecule has 0 unspecified atom stereocenters. The summed E-state index contributed by atoms with van der Waals surface area (Å²) >= 11 is 0. The van der Waals surface area contributed by atoms with Crippen LogP contribution in [0.1, 0.15) is 60.6 Å². The van der Waals surface area contributed by atoms with E-state index >= 15 is 0 Å². The van der Waals surface area contributed by atoms with Crippen molar-refractivity contribution in [1.29, 1.82) is 0 Å². The summed E-state index contributed by atoms with van der Waals surface area (Å²) in [5.41, 5.74) is 2.10. The smallest absolute Gasteiger partial charge is 0.253 e. The van der Waals surface area contributed by atoms with Gasteiger partial charge in [-0.2, -0.15) is 20.4 Å². The zero-order valence-electron chi connectivity index (χ0n) is 14.3. The van der Waals surface area contributed by atoms with Crippen LogP contribution in [0.4, 0.5) is 0 Å². The van der Waals surface area contributed by atoms with Gasteiger partial charge in [0.2, 0.25) is 5.89 Å². The fourth-order valence-electron chi connectivity index (χ4n) is 3.13. The molecule has 3 heterocycles. The van der Waals surface area contributed by atoms with Crippen molar-refractivity contribution in [1.82, 2.24) is 30.5 Å². The van der Waals surface area contributed by atoms with Crippen molar-refractivity contribution in [2.45, 2.75) is 38.5 Å². The van der Waals surface area contributed by atoms with E-state index in [0.717, 1.165) is 24.2 Å². The number of benzene rings is 1. The summed E-state index contributed by atoms with van der Waals surface area (Å²) in [6.45, 7) is 5.45. The Bertz CT molecular complexity index is 891. The van der Waals surface area contributed by atoms with Crippen LogP contribution in [0.2, 0.25) is 0 Å². The molecule has 0 aliphatic carbocycles. The first kappa shape index (κ1) is 15.7. The molecule has 1 aliphatic heterocycles. The number of carbonyl (C=O) groups excluding carboxylic acids is 1. The van der Waals surface area contributed by atoms with Gasteiger partial charge in [0.15, 0.2) is 5.82 Å². The Hall–Kier alpha value is -2.77. The molecule has 1 saturated heterocycles. The first-order valence-electron chi connectivity index (χ1n) is 8.55. The SMILES string of the molecule is CC(C)c1noc(C2CCN(C(=O)c3ccc4n[nH]nc4c3)CC2)n1. The maximum absolute atomic E-state index is 12.7. The molecule has 8 heteroatoms. The quantitative estimate of drug-likeness (QED) is 0.786. The second kappa shape index (κ2) is 6.27. The van der Waals surface area contributed by atoms with E-state index in [1.54, 1.807) is 12.1 Å². The van der Waals surface area contributed by atoms with E-state index in [-0.39, 0.29) is 17.7 Å². The number of fused-ring (bicyclic) bond motifs is 1. The molecule has 4 rings (SSSR count). The van der Waals surface area contributed by atoms with E-state index in [9.17, 15) is 4.79 Å². The summed E-state index contributed by atoms with van der Waals surface area (Å²) in [5.74, 6) is 1.94. The van der Waals surface area contributed by atoms with Crippen LogP contribution in [-0.2, 0) is 0 Å². The highest BCUT2D eigenvalue weighted by Crippen LogP contribution is 2.28. The topological polar surface area (TPSA) is 101 Å². The van der Waals surface area contributed by atoms with Gasteiger partial charge in [0, 0.05) is 30.5 Å². The van der Waals surface area contributed by atoms with Crippen molar-refractivity contribution in [2.75, 3.05) is 13.1 Å². The lowest BCUT2D eigenvalue weighted by Crippen LogP contribution is -2.38. The lowest BCUT2D eigenvalue weighted by molar-refractivity contribution is 0.0704. The van der Waals surface area contributed by atoms with Gasteiger partial charge in [-0.1, -0.05) is 19.0 Å². The Balaban J connectivity index is 1.42. The number of piperidine rings is 1. The number of nitrogens with zero attached hydrogens (tertiary/aromatic N) is 5. The predicted molar refractivity (Wildman–Crippen MR) is 90.2 cm³/mol. The average Bonchev–Trinajstić information content (AvgIpc) is 3.30. The molecule has 1 aliphatic rings. The van der Waals surface area contributed by atoms with Crippen LogP contribution in [0.5, 0.6) is 0 Å². The molecule has 1 fully saturated rings. The minimum absolute atomic E-state index is 0.0248. The molecule has 2 aromatic heterocycles. The van der Waals surface area contributed by atoms with Gasteiger partial charge < -0.3 is 9.42 Å². The predicted octanol–water partition coefficient (Wildman–Crippen LogP) is 2.48. The minimum Gasteiger partial charge on any atom is -0.339 e. The zero-order valence-corrected chi connectivity index (χ0v) is 14.3. The number of likely N-dealkylation sites (tertiary alicyclic amines) is 1. The molecule has 130 valence electrons. The van der Waals surface area contributed by atoms with Gasteiger partial charge in [0.1, 0.15) is 11.0 Å². The molecule has 0 spiro atoms. The van der Waals surface area contributed by atoms with Crippen LogP contribution in [0, 0.1) is 0 Å². The highest BCUT2D eigenvalue weighted by atomic mass is 16.5. The fourth-order valence-corrected chi connectivity index (χ4v) is 3.13. The lowest BCUT2D eigenvalue weighted by atomic mass is 9.96. The molecule has 0 atom stereocenters. The second-order valence-corrected chi connectivity index (χ2v) is 6.74. The van der Waals surface area contributed by atoms with E-state index in [2.05, 4.69) is 25.6 Å². The van der Waals surface area contributed by atoms with Crippen molar-refractivity contribution in [3.8, 4) is 0 Å². The number of nitrogens with one attached hydrogen (secondary N) is 1. The number of carbonyl (C=O) groups is 1. The van der Waals surface area contributed by atoms with Crippen LogP contribution < -0.4 is 0 Å². The Labute approximate surface area is 144 Å². The average molecular weight is 340 g/mol. The molecule has 8 nitrogen and oxygen atoms in total. The summed E-state index contributed by atoms with van der Waals surface area (Å²) in [5, 5.41) is 14.6. The molecule has 1 aromatic carbocycles. The van der Waals surface area contributed by atoms with Crippen LogP contribution >= 0.6 is 0 Å². The van der Waals surface area contributed by atoms with Gasteiger partial charge in [-0.05, 0) is 31.0 Å². The molecular weight excluding hydrogens is 320 g/mol. The van der Waals surface area contributed by atoms with Crippen molar-refractivity contribution in [3.63, 3.8) is 0 Å². The summed E-state index contributed by atoms with van der Waals surface area (Å²) in [6.07, 6.45) is 1.66. The zero-order chi connectivity index (χ0) is 17.4. The van der Waals surface area contributed by atoms with Gasteiger partial charge in [-0.25, -0.2) is 0 Å². The summed E-state index contributed by atoms with van der Waals surface area (Å²) in [7, 11) is 0. The Morgan fingerprint density at radius 1 is 1.24 bits per heavy atom. The van der Waals surface area contributed by atoms with E-state index in [1.165, 1.54) is 0 Å². The summed E-state index contributed by atoms with van der Waals surface area (Å²) in [4.78, 5) is 19.1. The number of H-pyrrole nitrogens is 1. The number of amides is 1. The Morgan fingerprint density at radius 3 is 2.72 bits per heavy atom. The number of hydrogen-bond acceptors (Lipinski definition) is 6. The van der Waals surface area contributed by atoms with Gasteiger partial charge in [-0.3, -0.25) is 4.79 Å². The maximum atomic E-state index is 12.7. The largest absolute Gasteiger partial charge is 0.339 e. The number of hydrogen-bond donors (Lipinski definition) is 1. The highest BCUT2D eigenvalue weighted by Gasteiger charge is 2.28. The van der Waals surface area contributed by atoms with Crippen LogP contribution in [-0.4, -0.2) is 49.4 Å². The Kier molecular flexibility index (Phi) is 3.95. The molecule has 0 radical (unpaired) electrons. The lowest BCUT2D eigenvalue weighted by Gasteiger charge is -2.30. The third-order valence-electron chi connectivity index (χ3n) is 4.67. The van der Waals surface area contributed by atoms with Gasteiger partial charge >= 0.3 is 0 Å². The van der Waals surface area contributed by atoms with Crippen molar-refractivity contribution in [3.05, 3.63) is 35.5 Å². The molecule has 1 amide bonds. The summed E-state index contributed by atoms with van der Waals surface area (Å²) in [6, 6.07) is 5.39. The molecule has 1 N–H and O–H groups in total. The highest BCUT2D eigenvalue weighted by molar-refractivity contribution is 5.97. The van der Waals surface area contributed by atoms with Crippen molar-refractivity contribution >= 4 is 16.9 Å². The van der Waals surface area contributed by atoms with E-state index < -0.39 is 0 Å². The van der Waals surface area contributed by atoms with Crippen LogP contribution in [0.15, 0.2) is 22.7 Å². The molecule has 25 heavy (non-hydrogen) atoms. The molecular formula is C17H20N6O2. The third-order valence-corrected chi connectivity index (χ3v) is 4.67. The molecule has 0 bridgehead atoms. The Morgan fingerprint density at radius 2 is 2.00 bits per heavy atom. The first-order chi connectivity index (χ1) is 12.1. The minimum atomic E-state index is 0.0248. The number of aromatic amines is 1. The second-order valence-electron chi connectivity index (χ2n) is 6.74. The van der Waals surface area contributed by atoms with E-state index in [0.29, 0.717) is 30.1 Å². The van der Waals surface area contributed by atoms with Gasteiger partial charge in [-0.15, -0.1) is 0 Å². The van der Waals surface area contributed by atoms with E-state index in [1.807, 2.05) is 24.8 Å². The standard InChI is InChI=1S/C17H20N6O2/c1-10(2)15-18-16(25-21-15)11-5-7-23(8-6-11)17(24)12-3-4-13-14(9-12)20-22-19-13/h3-4,9-11H,5-8H2,1-2H3,(H,19,20,22). The van der Waals surface area contributed by atoms with Crippen LogP contribution in [0.3, 0.4) is 0 Å². The third kappa shape index (κ3) is 2.99. The van der Waals surface area contributed by atoms with Crippen LogP contribution in [0.25, 0.3) is 11.0 Å². The molecule has 0 saturated carbocycles. The fraction of sp³-hybridized carbons (Fsp3) is 0.471. The first-order valence-corrected chi connectivity index (χ1v) is 8.55. The maximum Gasteiger partial charge on any atom is 0.253 e.